The van der Waals surface area contributed by atoms with Crippen LogP contribution in [-0.4, -0.2) is 0 Å². The Labute approximate surface area is 164 Å². The SMILES string of the molecule is O=P(c1ccccc1)(c1ccccc1)C(F)(c1ccccc1)c1ccccc1. The van der Waals surface area contributed by atoms with Crippen LogP contribution in [0, 0.1) is 0 Å². The fourth-order valence-electron chi connectivity index (χ4n) is 3.63. The lowest BCUT2D eigenvalue weighted by molar-refractivity contribution is 0.331. The van der Waals surface area contributed by atoms with Gasteiger partial charge < -0.3 is 4.57 Å². The van der Waals surface area contributed by atoms with E-state index in [1.165, 1.54) is 0 Å². The van der Waals surface area contributed by atoms with Gasteiger partial charge in [-0.1, -0.05) is 121 Å². The van der Waals surface area contributed by atoms with Crippen molar-refractivity contribution in [1.82, 2.24) is 0 Å². The van der Waals surface area contributed by atoms with Crippen molar-refractivity contribution >= 4 is 17.8 Å². The van der Waals surface area contributed by atoms with E-state index in [2.05, 4.69) is 0 Å². The molecule has 0 aliphatic carbocycles. The largest absolute Gasteiger partial charge is 0.310 e. The topological polar surface area (TPSA) is 17.1 Å². The second-order valence-corrected chi connectivity index (χ2v) is 9.50. The molecule has 0 atom stereocenters. The summed E-state index contributed by atoms with van der Waals surface area (Å²) in [4.78, 5) is 0. The van der Waals surface area contributed by atoms with Crippen LogP contribution in [0.5, 0.6) is 0 Å². The minimum atomic E-state index is -3.76. The summed E-state index contributed by atoms with van der Waals surface area (Å²) in [6.45, 7) is 0. The van der Waals surface area contributed by atoms with Crippen molar-refractivity contribution in [2.24, 2.45) is 0 Å². The smallest absolute Gasteiger partial charge is 0.220 e. The highest BCUT2D eigenvalue weighted by atomic mass is 31.2. The first-order chi connectivity index (χ1) is 13.7. The van der Waals surface area contributed by atoms with Crippen molar-refractivity contribution in [1.29, 1.82) is 0 Å². The third-order valence-electron chi connectivity index (χ3n) is 4.99. The van der Waals surface area contributed by atoms with Gasteiger partial charge in [-0.05, 0) is 0 Å². The summed E-state index contributed by atoms with van der Waals surface area (Å²) >= 11 is 0. The van der Waals surface area contributed by atoms with E-state index in [1.54, 1.807) is 97.1 Å². The van der Waals surface area contributed by atoms with E-state index in [-0.39, 0.29) is 0 Å². The number of rotatable bonds is 5. The molecule has 4 rings (SSSR count). The predicted molar refractivity (Wildman–Crippen MR) is 115 cm³/mol. The second kappa shape index (κ2) is 7.58. The number of alkyl halides is 1. The quantitative estimate of drug-likeness (QED) is 0.392. The Bertz CT molecular complexity index is 997. The zero-order valence-electron chi connectivity index (χ0n) is 15.3. The van der Waals surface area contributed by atoms with Gasteiger partial charge in [0.25, 0.3) is 0 Å². The fraction of sp³-hybridized carbons (Fsp3) is 0.0400. The first kappa shape index (κ1) is 18.4. The molecule has 0 aliphatic heterocycles. The monoisotopic (exact) mass is 386 g/mol. The molecule has 4 aromatic rings. The van der Waals surface area contributed by atoms with E-state index < -0.39 is 12.6 Å². The predicted octanol–water partition coefficient (Wildman–Crippen LogP) is 5.87. The molecule has 0 radical (unpaired) electrons. The molecule has 0 aromatic heterocycles. The van der Waals surface area contributed by atoms with E-state index >= 15 is 4.39 Å². The zero-order valence-corrected chi connectivity index (χ0v) is 16.2. The van der Waals surface area contributed by atoms with Gasteiger partial charge in [0.2, 0.25) is 5.41 Å². The highest BCUT2D eigenvalue weighted by Crippen LogP contribution is 2.65. The highest BCUT2D eigenvalue weighted by molar-refractivity contribution is 7.79. The lowest BCUT2D eigenvalue weighted by atomic mass is 10.0. The average Bonchev–Trinajstić information content (AvgIpc) is 2.80. The molecule has 3 heteroatoms. The van der Waals surface area contributed by atoms with Gasteiger partial charge in [-0.15, -0.1) is 0 Å². The maximum atomic E-state index is 17.4. The molecule has 4 aromatic carbocycles. The van der Waals surface area contributed by atoms with E-state index in [0.717, 1.165) is 0 Å². The summed E-state index contributed by atoms with van der Waals surface area (Å²) < 4.78 is 32.3. The van der Waals surface area contributed by atoms with Gasteiger partial charge in [0, 0.05) is 21.7 Å². The molecule has 0 spiro atoms. The third kappa shape index (κ3) is 2.91. The summed E-state index contributed by atoms with van der Waals surface area (Å²) in [7, 11) is -3.76. The van der Waals surface area contributed by atoms with Crippen LogP contribution in [0.25, 0.3) is 0 Å². The number of hydrogen-bond donors (Lipinski definition) is 0. The van der Waals surface area contributed by atoms with Gasteiger partial charge in [-0.2, -0.15) is 0 Å². The van der Waals surface area contributed by atoms with Gasteiger partial charge in [0.15, 0.2) is 7.14 Å². The zero-order chi connectivity index (χ0) is 19.5. The molecule has 28 heavy (non-hydrogen) atoms. The average molecular weight is 386 g/mol. The van der Waals surface area contributed by atoms with Crippen LogP contribution in [0.3, 0.4) is 0 Å². The Morgan fingerprint density at radius 1 is 0.500 bits per heavy atom. The molecule has 1 nitrogen and oxygen atoms in total. The van der Waals surface area contributed by atoms with Gasteiger partial charge in [-0.25, -0.2) is 4.39 Å². The van der Waals surface area contributed by atoms with Crippen LogP contribution >= 0.6 is 7.14 Å². The molecule has 0 saturated carbocycles. The van der Waals surface area contributed by atoms with E-state index in [1.807, 2.05) is 24.3 Å². The number of benzene rings is 4. The third-order valence-corrected chi connectivity index (χ3v) is 8.42. The molecule has 0 aliphatic rings. The Kier molecular flexibility index (Phi) is 4.98. The standard InChI is InChI=1S/C25H20FOP/c26-25(21-13-5-1-6-14-21,22-15-7-2-8-16-22)28(27,23-17-9-3-10-18-23)24-19-11-4-12-20-24/h1-20H. The van der Waals surface area contributed by atoms with E-state index in [0.29, 0.717) is 21.7 Å². The summed E-state index contributed by atoms with van der Waals surface area (Å²) in [5.74, 6) is 0. The molecule has 0 bridgehead atoms. The van der Waals surface area contributed by atoms with Gasteiger partial charge in [-0.3, -0.25) is 0 Å². The van der Waals surface area contributed by atoms with Crippen molar-refractivity contribution in [2.75, 3.05) is 0 Å². The lowest BCUT2D eigenvalue weighted by Gasteiger charge is -2.35. The maximum absolute atomic E-state index is 17.4. The minimum Gasteiger partial charge on any atom is -0.310 e. The summed E-state index contributed by atoms with van der Waals surface area (Å²) in [6.07, 6.45) is 0. The Morgan fingerprint density at radius 3 is 1.11 bits per heavy atom. The highest BCUT2D eigenvalue weighted by Gasteiger charge is 2.53. The van der Waals surface area contributed by atoms with Crippen LogP contribution in [0.1, 0.15) is 11.1 Å². The first-order valence-corrected chi connectivity index (χ1v) is 10.9. The molecule has 138 valence electrons. The van der Waals surface area contributed by atoms with Gasteiger partial charge in [0.1, 0.15) is 0 Å². The lowest BCUT2D eigenvalue weighted by Crippen LogP contribution is -2.33. The number of hydrogen-bond acceptors (Lipinski definition) is 1. The van der Waals surface area contributed by atoms with Crippen molar-refractivity contribution in [3.8, 4) is 0 Å². The molecule has 0 amide bonds. The van der Waals surface area contributed by atoms with Gasteiger partial charge in [0.05, 0.1) is 0 Å². The van der Waals surface area contributed by atoms with Crippen LogP contribution in [-0.2, 0) is 9.97 Å². The van der Waals surface area contributed by atoms with Crippen molar-refractivity contribution < 1.29 is 8.96 Å². The second-order valence-electron chi connectivity index (χ2n) is 6.63. The summed E-state index contributed by atoms with van der Waals surface area (Å²) in [5, 5.41) is -1.20. The van der Waals surface area contributed by atoms with Gasteiger partial charge >= 0.3 is 0 Å². The molecule has 0 unspecified atom stereocenters. The van der Waals surface area contributed by atoms with E-state index in [9.17, 15) is 4.57 Å². The van der Waals surface area contributed by atoms with Crippen LogP contribution in [0.4, 0.5) is 4.39 Å². The minimum absolute atomic E-state index is 0.386. The first-order valence-electron chi connectivity index (χ1n) is 9.19. The Hall–Kier alpha value is -2.96. The normalized spacial score (nSPS) is 11.9. The van der Waals surface area contributed by atoms with E-state index in [4.69, 9.17) is 0 Å². The Balaban J connectivity index is 2.11. The molecule has 0 fully saturated rings. The molecular weight excluding hydrogens is 366 g/mol. The summed E-state index contributed by atoms with van der Waals surface area (Å²) in [5.41, 5.74) is 0.773. The molecule has 0 N–H and O–H groups in total. The molecule has 0 heterocycles. The molecular formula is C25H20FOP. The van der Waals surface area contributed by atoms with Crippen molar-refractivity contribution in [2.45, 2.75) is 5.41 Å². The van der Waals surface area contributed by atoms with Crippen molar-refractivity contribution in [3.05, 3.63) is 132 Å². The number of halogens is 1. The van der Waals surface area contributed by atoms with Crippen LogP contribution in [0.15, 0.2) is 121 Å². The van der Waals surface area contributed by atoms with Crippen LogP contribution in [0.2, 0.25) is 0 Å². The van der Waals surface area contributed by atoms with Crippen molar-refractivity contribution in [3.63, 3.8) is 0 Å². The maximum Gasteiger partial charge on any atom is 0.220 e. The van der Waals surface area contributed by atoms with Crippen LogP contribution < -0.4 is 10.6 Å². The molecule has 0 saturated heterocycles. The Morgan fingerprint density at radius 2 is 0.786 bits per heavy atom. The fourth-order valence-corrected chi connectivity index (χ4v) is 6.85. The summed E-state index contributed by atoms with van der Waals surface area (Å²) in [6, 6.07) is 35.6.